The zero-order valence-corrected chi connectivity index (χ0v) is 17.0. The van der Waals surface area contributed by atoms with Crippen molar-refractivity contribution in [3.63, 3.8) is 0 Å². The molecule has 3 aromatic heterocycles. The Balaban J connectivity index is 1.32. The van der Waals surface area contributed by atoms with Gasteiger partial charge in [-0.25, -0.2) is 9.97 Å². The molecule has 1 fully saturated rings. The first-order valence-electron chi connectivity index (χ1n) is 9.75. The van der Waals surface area contributed by atoms with E-state index < -0.39 is 4.92 Å². The number of nitro groups is 1. The first kappa shape index (κ1) is 18.9. The van der Waals surface area contributed by atoms with Crippen molar-refractivity contribution in [3.05, 3.63) is 52.7 Å². The van der Waals surface area contributed by atoms with Crippen LogP contribution in [-0.2, 0) is 4.74 Å². The lowest BCUT2D eigenvalue weighted by Crippen LogP contribution is -2.39. The average molecular weight is 424 g/mol. The maximum absolute atomic E-state index is 10.8. The number of aromatic nitrogens is 3. The maximum Gasteiger partial charge on any atom is 0.269 e. The Labute approximate surface area is 176 Å². The quantitative estimate of drug-likeness (QED) is 0.375. The number of hydrogen-bond acceptors (Lipinski definition) is 8. The Morgan fingerprint density at radius 2 is 1.93 bits per heavy atom. The van der Waals surface area contributed by atoms with Gasteiger partial charge in [-0.15, -0.1) is 0 Å². The first-order valence-corrected chi connectivity index (χ1v) is 10.6. The molecule has 5 rings (SSSR count). The van der Waals surface area contributed by atoms with Gasteiger partial charge in [0.25, 0.3) is 5.69 Å². The van der Waals surface area contributed by atoms with E-state index in [0.717, 1.165) is 71.8 Å². The van der Waals surface area contributed by atoms with E-state index in [4.69, 9.17) is 9.72 Å². The summed E-state index contributed by atoms with van der Waals surface area (Å²) < 4.78 is 7.39. The summed E-state index contributed by atoms with van der Waals surface area (Å²) in [5.74, 6) is 0.857. The van der Waals surface area contributed by atoms with Gasteiger partial charge in [-0.1, -0.05) is 11.3 Å². The van der Waals surface area contributed by atoms with Gasteiger partial charge in [0.2, 0.25) is 0 Å². The second-order valence-electron chi connectivity index (χ2n) is 7.09. The topological polar surface area (TPSA) is 97.8 Å². The molecule has 1 aliphatic rings. The van der Waals surface area contributed by atoms with Crippen molar-refractivity contribution in [2.75, 3.05) is 44.7 Å². The Morgan fingerprint density at radius 3 is 2.70 bits per heavy atom. The molecule has 0 aliphatic carbocycles. The number of non-ortho nitro benzene ring substituents is 1. The molecule has 0 atom stereocenters. The molecule has 0 bridgehead atoms. The molecule has 0 saturated carbocycles. The summed E-state index contributed by atoms with van der Waals surface area (Å²) in [6.07, 6.45) is 1.95. The van der Waals surface area contributed by atoms with Gasteiger partial charge in [-0.05, 0) is 24.3 Å². The Kier molecular flexibility index (Phi) is 5.03. The molecule has 4 heterocycles. The van der Waals surface area contributed by atoms with Crippen LogP contribution in [0.5, 0.6) is 0 Å². The van der Waals surface area contributed by atoms with Gasteiger partial charge >= 0.3 is 0 Å². The molecule has 0 spiro atoms. The van der Waals surface area contributed by atoms with E-state index in [2.05, 4.69) is 15.2 Å². The number of imidazole rings is 1. The lowest BCUT2D eigenvalue weighted by Gasteiger charge is -2.26. The van der Waals surface area contributed by atoms with E-state index in [0.29, 0.717) is 0 Å². The number of nitro benzene ring substituents is 1. The standard InChI is InChI=1S/C20H20N6O3S/c27-26(28)15-3-1-14(2-4-15)16-13-25-17-5-6-18(23-19(17)30-20(25)22-16)21-7-8-24-9-11-29-12-10-24/h1-6,13H,7-12H2,(H,21,23). The lowest BCUT2D eigenvalue weighted by atomic mass is 10.1. The van der Waals surface area contributed by atoms with Crippen molar-refractivity contribution in [2.45, 2.75) is 0 Å². The number of benzene rings is 1. The van der Waals surface area contributed by atoms with Crippen molar-refractivity contribution >= 4 is 38.2 Å². The molecule has 0 unspecified atom stereocenters. The third kappa shape index (κ3) is 3.72. The smallest absolute Gasteiger partial charge is 0.269 e. The number of thiazole rings is 1. The summed E-state index contributed by atoms with van der Waals surface area (Å²) in [6.45, 7) is 5.38. The fraction of sp³-hybridized carbons (Fsp3) is 0.300. The van der Waals surface area contributed by atoms with E-state index in [1.165, 1.54) is 23.5 Å². The van der Waals surface area contributed by atoms with Gasteiger partial charge in [0.1, 0.15) is 10.6 Å². The average Bonchev–Trinajstić information content (AvgIpc) is 3.32. The van der Waals surface area contributed by atoms with Gasteiger partial charge in [-0.2, -0.15) is 0 Å². The Morgan fingerprint density at radius 1 is 1.13 bits per heavy atom. The number of anilines is 1. The highest BCUT2D eigenvalue weighted by Gasteiger charge is 2.13. The minimum Gasteiger partial charge on any atom is -0.379 e. The second kappa shape index (κ2) is 7.98. The summed E-state index contributed by atoms with van der Waals surface area (Å²) >= 11 is 1.53. The van der Waals surface area contributed by atoms with E-state index >= 15 is 0 Å². The van der Waals surface area contributed by atoms with Crippen molar-refractivity contribution in [2.24, 2.45) is 0 Å². The highest BCUT2D eigenvalue weighted by molar-refractivity contribution is 7.23. The van der Waals surface area contributed by atoms with Crippen LogP contribution in [0.15, 0.2) is 42.6 Å². The van der Waals surface area contributed by atoms with Crippen LogP contribution in [0.1, 0.15) is 0 Å². The van der Waals surface area contributed by atoms with E-state index in [-0.39, 0.29) is 5.69 Å². The maximum atomic E-state index is 10.8. The van der Waals surface area contributed by atoms with Gasteiger partial charge in [0, 0.05) is 50.1 Å². The van der Waals surface area contributed by atoms with E-state index in [1.54, 1.807) is 12.1 Å². The second-order valence-corrected chi connectivity index (χ2v) is 8.04. The third-order valence-corrected chi connectivity index (χ3v) is 6.14. The molecule has 1 aromatic carbocycles. The number of hydrogen-bond donors (Lipinski definition) is 1. The van der Waals surface area contributed by atoms with Crippen molar-refractivity contribution < 1.29 is 9.66 Å². The normalized spacial score (nSPS) is 15.1. The van der Waals surface area contributed by atoms with Crippen LogP contribution >= 0.6 is 11.3 Å². The highest BCUT2D eigenvalue weighted by Crippen LogP contribution is 2.29. The van der Waals surface area contributed by atoms with Crippen molar-refractivity contribution in [3.8, 4) is 11.3 Å². The molecule has 10 heteroatoms. The van der Waals surface area contributed by atoms with Crippen LogP contribution in [0.25, 0.3) is 26.6 Å². The molecule has 1 aliphatic heterocycles. The minimum absolute atomic E-state index is 0.0723. The number of nitrogens with zero attached hydrogens (tertiary/aromatic N) is 5. The third-order valence-electron chi connectivity index (χ3n) is 5.17. The van der Waals surface area contributed by atoms with Gasteiger partial charge in [0.15, 0.2) is 4.96 Å². The number of morpholine rings is 1. The van der Waals surface area contributed by atoms with Crippen molar-refractivity contribution in [1.29, 1.82) is 0 Å². The molecule has 154 valence electrons. The zero-order chi connectivity index (χ0) is 20.5. The molecule has 4 aromatic rings. The molecule has 1 N–H and O–H groups in total. The first-order chi connectivity index (χ1) is 14.7. The molecule has 1 saturated heterocycles. The number of fused-ring (bicyclic) bond motifs is 3. The fourth-order valence-corrected chi connectivity index (χ4v) is 4.53. The lowest BCUT2D eigenvalue weighted by molar-refractivity contribution is -0.384. The molecule has 0 amide bonds. The molecule has 0 radical (unpaired) electrons. The monoisotopic (exact) mass is 424 g/mol. The summed E-state index contributed by atoms with van der Waals surface area (Å²) in [4.78, 5) is 24.0. The molecular formula is C20H20N6O3S. The van der Waals surface area contributed by atoms with Gasteiger partial charge in [-0.3, -0.25) is 19.4 Å². The summed E-state index contributed by atoms with van der Waals surface area (Å²) in [5.41, 5.74) is 2.70. The van der Waals surface area contributed by atoms with Crippen LogP contribution in [0.4, 0.5) is 11.5 Å². The van der Waals surface area contributed by atoms with Crippen LogP contribution in [0.3, 0.4) is 0 Å². The van der Waals surface area contributed by atoms with Crippen LogP contribution in [0.2, 0.25) is 0 Å². The number of pyridine rings is 1. The van der Waals surface area contributed by atoms with Crippen molar-refractivity contribution in [1.82, 2.24) is 19.3 Å². The SMILES string of the molecule is O=[N+]([O-])c1ccc(-c2cn3c(n2)sc2nc(NCCN4CCOCC4)ccc23)cc1. The minimum atomic E-state index is -0.402. The predicted molar refractivity (Wildman–Crippen MR) is 116 cm³/mol. The van der Waals surface area contributed by atoms with E-state index in [1.807, 2.05) is 22.7 Å². The zero-order valence-electron chi connectivity index (χ0n) is 16.2. The highest BCUT2D eigenvalue weighted by atomic mass is 32.1. The van der Waals surface area contributed by atoms with Gasteiger partial charge < -0.3 is 10.1 Å². The fourth-order valence-electron chi connectivity index (χ4n) is 3.54. The largest absolute Gasteiger partial charge is 0.379 e. The summed E-state index contributed by atoms with van der Waals surface area (Å²) in [6, 6.07) is 10.5. The summed E-state index contributed by atoms with van der Waals surface area (Å²) in [5, 5.41) is 14.2. The van der Waals surface area contributed by atoms with E-state index in [9.17, 15) is 10.1 Å². The van der Waals surface area contributed by atoms with Gasteiger partial charge in [0.05, 0.1) is 29.3 Å². The van der Waals surface area contributed by atoms with Crippen LogP contribution in [0, 0.1) is 10.1 Å². The van der Waals surface area contributed by atoms with Crippen LogP contribution < -0.4 is 5.32 Å². The Hall–Kier alpha value is -3.08. The number of nitrogens with one attached hydrogen (secondary N) is 1. The summed E-state index contributed by atoms with van der Waals surface area (Å²) in [7, 11) is 0. The molecule has 9 nitrogen and oxygen atoms in total. The van der Waals surface area contributed by atoms with Crippen LogP contribution in [-0.4, -0.2) is 63.6 Å². The molecular weight excluding hydrogens is 404 g/mol. The number of rotatable bonds is 6. The molecule has 30 heavy (non-hydrogen) atoms. The predicted octanol–water partition coefficient (Wildman–Crippen LogP) is 3.26. The number of ether oxygens (including phenoxy) is 1. The Bertz CT molecular complexity index is 1200.